The Morgan fingerprint density at radius 3 is 2.51 bits per heavy atom. The molecule has 2 N–H and O–H groups in total. The summed E-state index contributed by atoms with van der Waals surface area (Å²) in [6.45, 7) is 1.35. The van der Waals surface area contributed by atoms with Crippen LogP contribution in [0.25, 0.3) is 11.4 Å². The molecule has 0 saturated heterocycles. The predicted molar refractivity (Wildman–Crippen MR) is 131 cm³/mol. The first kappa shape index (κ1) is 24.7. The number of carbonyl (C=O) groups is 1. The van der Waals surface area contributed by atoms with Crippen LogP contribution in [-0.2, 0) is 14.8 Å². The van der Waals surface area contributed by atoms with E-state index < -0.39 is 21.7 Å². The second kappa shape index (κ2) is 10.5. The monoisotopic (exact) mass is 498 g/mol. The van der Waals surface area contributed by atoms with Crippen LogP contribution >= 0.6 is 0 Å². The standard InChI is InChI=1S/C25H27FN4O4S/c1-17-14-23(31)29-25(27-17)18-6-5-7-20(15-18)28-24(32)16-30(21-8-3-2-4-9-21)35(33,34)22-12-10-19(26)11-13-22/h5-7,10-15,21H,2-4,8-9,16H2,1H3,(H,28,32)(H,27,29,31). The number of hydrogen-bond acceptors (Lipinski definition) is 5. The molecule has 10 heteroatoms. The van der Waals surface area contributed by atoms with Gasteiger partial charge in [0.1, 0.15) is 11.6 Å². The number of rotatable bonds is 7. The molecule has 0 atom stereocenters. The molecule has 1 saturated carbocycles. The highest BCUT2D eigenvalue weighted by atomic mass is 32.2. The third kappa shape index (κ3) is 6.01. The van der Waals surface area contributed by atoms with E-state index in [-0.39, 0.29) is 23.0 Å². The lowest BCUT2D eigenvalue weighted by Gasteiger charge is -2.33. The lowest BCUT2D eigenvalue weighted by atomic mass is 9.95. The van der Waals surface area contributed by atoms with Crippen LogP contribution in [0.4, 0.5) is 10.1 Å². The number of nitrogens with one attached hydrogen (secondary N) is 2. The van der Waals surface area contributed by atoms with Gasteiger partial charge in [-0.1, -0.05) is 31.4 Å². The van der Waals surface area contributed by atoms with Crippen molar-refractivity contribution in [3.05, 3.63) is 76.5 Å². The van der Waals surface area contributed by atoms with Gasteiger partial charge in [-0.05, 0) is 56.2 Å². The number of H-pyrrole nitrogens is 1. The number of carbonyl (C=O) groups excluding carboxylic acids is 1. The zero-order valence-electron chi connectivity index (χ0n) is 19.3. The van der Waals surface area contributed by atoms with Crippen molar-refractivity contribution >= 4 is 21.6 Å². The van der Waals surface area contributed by atoms with Crippen LogP contribution in [0.1, 0.15) is 37.8 Å². The van der Waals surface area contributed by atoms with E-state index in [0.29, 0.717) is 35.6 Å². The lowest BCUT2D eigenvalue weighted by molar-refractivity contribution is -0.116. The third-order valence-electron chi connectivity index (χ3n) is 5.99. The highest BCUT2D eigenvalue weighted by Crippen LogP contribution is 2.28. The normalized spacial score (nSPS) is 14.7. The average Bonchev–Trinajstić information content (AvgIpc) is 2.83. The van der Waals surface area contributed by atoms with Crippen LogP contribution in [0.2, 0.25) is 0 Å². The van der Waals surface area contributed by atoms with Crippen molar-refractivity contribution in [2.75, 3.05) is 11.9 Å². The van der Waals surface area contributed by atoms with Crippen LogP contribution in [0.5, 0.6) is 0 Å². The number of nitrogens with zero attached hydrogens (tertiary/aromatic N) is 2. The number of halogens is 1. The largest absolute Gasteiger partial charge is 0.325 e. The molecule has 2 aromatic carbocycles. The molecule has 35 heavy (non-hydrogen) atoms. The number of hydrogen-bond donors (Lipinski definition) is 2. The zero-order chi connectivity index (χ0) is 25.0. The van der Waals surface area contributed by atoms with Crippen molar-refractivity contribution in [2.24, 2.45) is 0 Å². The minimum absolute atomic E-state index is 0.0475. The van der Waals surface area contributed by atoms with E-state index >= 15 is 0 Å². The fourth-order valence-electron chi connectivity index (χ4n) is 4.32. The fourth-order valence-corrected chi connectivity index (χ4v) is 5.96. The zero-order valence-corrected chi connectivity index (χ0v) is 20.1. The van der Waals surface area contributed by atoms with E-state index in [1.807, 2.05) is 0 Å². The fraction of sp³-hybridized carbons (Fsp3) is 0.320. The minimum Gasteiger partial charge on any atom is -0.325 e. The van der Waals surface area contributed by atoms with Gasteiger partial charge in [-0.15, -0.1) is 0 Å². The quantitative estimate of drug-likeness (QED) is 0.514. The summed E-state index contributed by atoms with van der Waals surface area (Å²) in [5.41, 5.74) is 1.33. The number of aromatic amines is 1. The Hall–Kier alpha value is -3.37. The summed E-state index contributed by atoms with van der Waals surface area (Å²) in [6.07, 6.45) is 4.11. The van der Waals surface area contributed by atoms with Crippen molar-refractivity contribution in [1.82, 2.24) is 14.3 Å². The van der Waals surface area contributed by atoms with Gasteiger partial charge in [0.2, 0.25) is 15.9 Å². The molecule has 1 aromatic heterocycles. The van der Waals surface area contributed by atoms with E-state index in [4.69, 9.17) is 0 Å². The molecule has 0 radical (unpaired) electrons. The molecule has 1 fully saturated rings. The van der Waals surface area contributed by atoms with Gasteiger partial charge in [0.25, 0.3) is 5.56 Å². The van der Waals surface area contributed by atoms with E-state index in [9.17, 15) is 22.4 Å². The Balaban J connectivity index is 1.57. The van der Waals surface area contributed by atoms with Crippen molar-refractivity contribution < 1.29 is 17.6 Å². The van der Waals surface area contributed by atoms with Gasteiger partial charge in [-0.25, -0.2) is 17.8 Å². The Kier molecular flexibility index (Phi) is 7.42. The predicted octanol–water partition coefficient (Wildman–Crippen LogP) is 3.85. The summed E-state index contributed by atoms with van der Waals surface area (Å²) < 4.78 is 41.5. The van der Waals surface area contributed by atoms with E-state index in [1.165, 1.54) is 22.5 Å². The maximum absolute atomic E-state index is 13.4. The van der Waals surface area contributed by atoms with Crippen LogP contribution in [0.3, 0.4) is 0 Å². The maximum atomic E-state index is 13.4. The van der Waals surface area contributed by atoms with Crippen LogP contribution in [0.15, 0.2) is 64.3 Å². The molecular formula is C25H27FN4O4S. The van der Waals surface area contributed by atoms with Gasteiger partial charge in [0, 0.05) is 29.1 Å². The van der Waals surface area contributed by atoms with Crippen LogP contribution in [0, 0.1) is 12.7 Å². The molecule has 0 unspecified atom stereocenters. The molecule has 3 aromatic rings. The molecule has 1 amide bonds. The summed E-state index contributed by atoms with van der Waals surface area (Å²) in [5, 5.41) is 2.76. The number of aromatic nitrogens is 2. The van der Waals surface area contributed by atoms with E-state index in [0.717, 1.165) is 31.4 Å². The average molecular weight is 499 g/mol. The van der Waals surface area contributed by atoms with Crippen molar-refractivity contribution in [1.29, 1.82) is 0 Å². The molecule has 0 spiro atoms. The lowest BCUT2D eigenvalue weighted by Crippen LogP contribution is -2.45. The van der Waals surface area contributed by atoms with Crippen molar-refractivity contribution in [3.63, 3.8) is 0 Å². The Morgan fingerprint density at radius 2 is 1.83 bits per heavy atom. The van der Waals surface area contributed by atoms with Crippen molar-refractivity contribution in [2.45, 2.75) is 50.0 Å². The van der Waals surface area contributed by atoms with Gasteiger partial charge in [0.05, 0.1) is 11.4 Å². The van der Waals surface area contributed by atoms with Gasteiger partial charge in [0.15, 0.2) is 0 Å². The highest BCUT2D eigenvalue weighted by Gasteiger charge is 2.34. The first-order valence-electron chi connectivity index (χ1n) is 11.5. The number of amides is 1. The van der Waals surface area contributed by atoms with Crippen LogP contribution in [-0.4, -0.2) is 41.2 Å². The Morgan fingerprint density at radius 1 is 1.11 bits per heavy atom. The molecule has 1 aliphatic rings. The first-order valence-corrected chi connectivity index (χ1v) is 12.9. The molecule has 0 bridgehead atoms. The first-order chi connectivity index (χ1) is 16.7. The highest BCUT2D eigenvalue weighted by molar-refractivity contribution is 7.89. The second-order valence-corrected chi connectivity index (χ2v) is 10.6. The summed E-state index contributed by atoms with van der Waals surface area (Å²) in [7, 11) is -4.01. The number of anilines is 1. The molecule has 8 nitrogen and oxygen atoms in total. The van der Waals surface area contributed by atoms with Gasteiger partial charge >= 0.3 is 0 Å². The molecule has 0 aliphatic heterocycles. The Bertz CT molecular complexity index is 1370. The van der Waals surface area contributed by atoms with Crippen LogP contribution < -0.4 is 10.9 Å². The van der Waals surface area contributed by atoms with Crippen molar-refractivity contribution in [3.8, 4) is 11.4 Å². The third-order valence-corrected chi connectivity index (χ3v) is 7.90. The summed E-state index contributed by atoms with van der Waals surface area (Å²) in [4.78, 5) is 31.7. The molecule has 4 rings (SSSR count). The molecule has 1 aliphatic carbocycles. The van der Waals surface area contributed by atoms with Gasteiger partial charge in [-0.2, -0.15) is 4.31 Å². The summed E-state index contributed by atoms with van der Waals surface area (Å²) in [6, 6.07) is 12.5. The topological polar surface area (TPSA) is 112 Å². The number of aryl methyl sites for hydroxylation is 1. The van der Waals surface area contributed by atoms with Gasteiger partial charge in [-0.3, -0.25) is 9.59 Å². The summed E-state index contributed by atoms with van der Waals surface area (Å²) in [5.74, 6) is -0.659. The number of benzene rings is 2. The Labute approximate surface area is 203 Å². The van der Waals surface area contributed by atoms with Gasteiger partial charge < -0.3 is 10.3 Å². The van der Waals surface area contributed by atoms with E-state index in [1.54, 1.807) is 31.2 Å². The maximum Gasteiger partial charge on any atom is 0.251 e. The molecule has 1 heterocycles. The SMILES string of the molecule is Cc1cc(=O)[nH]c(-c2cccc(NC(=O)CN(C3CCCCC3)S(=O)(=O)c3ccc(F)cc3)c2)n1. The second-order valence-electron chi connectivity index (χ2n) is 8.66. The molecule has 184 valence electrons. The number of sulfonamides is 1. The smallest absolute Gasteiger partial charge is 0.251 e. The molecular weight excluding hydrogens is 471 g/mol. The minimum atomic E-state index is -4.01. The summed E-state index contributed by atoms with van der Waals surface area (Å²) >= 11 is 0. The van der Waals surface area contributed by atoms with E-state index in [2.05, 4.69) is 15.3 Å².